The molecule has 0 saturated heterocycles. The first kappa shape index (κ1) is 11.8. The summed E-state index contributed by atoms with van der Waals surface area (Å²) in [5.74, 6) is 0.551. The van der Waals surface area contributed by atoms with Gasteiger partial charge in [-0.25, -0.2) is 4.98 Å². The summed E-state index contributed by atoms with van der Waals surface area (Å²) in [6, 6.07) is 4.18. The van der Waals surface area contributed by atoms with E-state index in [9.17, 15) is 0 Å². The molecule has 0 amide bonds. The SMILES string of the molecule is CCN(c1ccnc(N)c1)C(C)COC. The molecule has 0 aliphatic rings. The molecule has 4 heteroatoms. The summed E-state index contributed by atoms with van der Waals surface area (Å²) in [6.07, 6.45) is 1.73. The van der Waals surface area contributed by atoms with E-state index < -0.39 is 0 Å². The first-order chi connectivity index (χ1) is 7.19. The maximum atomic E-state index is 5.66. The Morgan fingerprint density at radius 3 is 2.87 bits per heavy atom. The van der Waals surface area contributed by atoms with Gasteiger partial charge in [0, 0.05) is 37.6 Å². The van der Waals surface area contributed by atoms with E-state index in [1.807, 2.05) is 12.1 Å². The maximum Gasteiger partial charge on any atom is 0.125 e. The second kappa shape index (κ2) is 5.56. The van der Waals surface area contributed by atoms with Crippen molar-refractivity contribution in [3.05, 3.63) is 18.3 Å². The highest BCUT2D eigenvalue weighted by atomic mass is 16.5. The van der Waals surface area contributed by atoms with Crippen molar-refractivity contribution in [1.29, 1.82) is 0 Å². The van der Waals surface area contributed by atoms with E-state index in [2.05, 4.69) is 23.7 Å². The fraction of sp³-hybridized carbons (Fsp3) is 0.545. The molecule has 1 atom stereocenters. The van der Waals surface area contributed by atoms with Crippen molar-refractivity contribution < 1.29 is 4.74 Å². The number of likely N-dealkylation sites (N-methyl/N-ethyl adjacent to an activating group) is 1. The normalized spacial score (nSPS) is 12.5. The predicted molar refractivity (Wildman–Crippen MR) is 63.0 cm³/mol. The van der Waals surface area contributed by atoms with E-state index >= 15 is 0 Å². The number of rotatable bonds is 5. The highest BCUT2D eigenvalue weighted by Gasteiger charge is 2.12. The van der Waals surface area contributed by atoms with Crippen LogP contribution in [-0.4, -0.2) is 31.3 Å². The Labute approximate surface area is 91.1 Å². The Balaban J connectivity index is 2.82. The van der Waals surface area contributed by atoms with Crippen LogP contribution in [0.15, 0.2) is 18.3 Å². The van der Waals surface area contributed by atoms with E-state index in [1.165, 1.54) is 0 Å². The molecule has 1 aromatic heterocycles. The van der Waals surface area contributed by atoms with Crippen molar-refractivity contribution in [2.24, 2.45) is 0 Å². The Morgan fingerprint density at radius 2 is 2.33 bits per heavy atom. The summed E-state index contributed by atoms with van der Waals surface area (Å²) in [5, 5.41) is 0. The Bertz CT molecular complexity index is 304. The number of hydrogen-bond acceptors (Lipinski definition) is 4. The van der Waals surface area contributed by atoms with Crippen molar-refractivity contribution in [1.82, 2.24) is 4.98 Å². The van der Waals surface area contributed by atoms with Gasteiger partial charge < -0.3 is 15.4 Å². The first-order valence-electron chi connectivity index (χ1n) is 5.16. The molecular formula is C11H19N3O. The molecule has 1 aromatic rings. The second-order valence-corrected chi connectivity index (χ2v) is 3.53. The van der Waals surface area contributed by atoms with Crippen LogP contribution in [0.1, 0.15) is 13.8 Å². The molecule has 0 fully saturated rings. The molecule has 0 saturated carbocycles. The lowest BCUT2D eigenvalue weighted by Gasteiger charge is -2.29. The summed E-state index contributed by atoms with van der Waals surface area (Å²) in [4.78, 5) is 6.22. The van der Waals surface area contributed by atoms with E-state index in [0.717, 1.165) is 12.2 Å². The van der Waals surface area contributed by atoms with Gasteiger partial charge in [0.1, 0.15) is 5.82 Å². The minimum Gasteiger partial charge on any atom is -0.384 e. The van der Waals surface area contributed by atoms with Crippen LogP contribution >= 0.6 is 0 Å². The molecule has 0 aliphatic heterocycles. The molecule has 0 aromatic carbocycles. The Morgan fingerprint density at radius 1 is 1.60 bits per heavy atom. The van der Waals surface area contributed by atoms with Crippen LogP contribution in [0.3, 0.4) is 0 Å². The summed E-state index contributed by atoms with van der Waals surface area (Å²) in [6.45, 7) is 5.87. The molecule has 0 spiro atoms. The van der Waals surface area contributed by atoms with Crippen LogP contribution in [0.2, 0.25) is 0 Å². The fourth-order valence-electron chi connectivity index (χ4n) is 1.70. The number of methoxy groups -OCH3 is 1. The van der Waals surface area contributed by atoms with E-state index in [0.29, 0.717) is 18.5 Å². The fourth-order valence-corrected chi connectivity index (χ4v) is 1.70. The molecule has 2 N–H and O–H groups in total. The van der Waals surface area contributed by atoms with E-state index in [4.69, 9.17) is 10.5 Å². The lowest BCUT2D eigenvalue weighted by Crippen LogP contribution is -2.36. The van der Waals surface area contributed by atoms with Crippen molar-refractivity contribution in [2.45, 2.75) is 19.9 Å². The molecule has 4 nitrogen and oxygen atoms in total. The average Bonchev–Trinajstić information content (AvgIpc) is 2.19. The number of ether oxygens (including phenoxy) is 1. The van der Waals surface area contributed by atoms with E-state index in [1.54, 1.807) is 13.3 Å². The third-order valence-corrected chi connectivity index (χ3v) is 2.38. The van der Waals surface area contributed by atoms with Crippen LogP contribution in [0.25, 0.3) is 0 Å². The molecule has 0 bridgehead atoms. The molecule has 0 radical (unpaired) electrons. The third-order valence-electron chi connectivity index (χ3n) is 2.38. The number of nitrogens with zero attached hydrogens (tertiary/aromatic N) is 2. The summed E-state index contributed by atoms with van der Waals surface area (Å²) >= 11 is 0. The highest BCUT2D eigenvalue weighted by molar-refractivity contribution is 5.52. The number of nitrogen functional groups attached to an aromatic ring is 1. The van der Waals surface area contributed by atoms with Gasteiger partial charge in [-0.15, -0.1) is 0 Å². The lowest BCUT2D eigenvalue weighted by atomic mass is 10.2. The molecule has 1 heterocycles. The highest BCUT2D eigenvalue weighted by Crippen LogP contribution is 2.18. The van der Waals surface area contributed by atoms with Gasteiger partial charge in [0.25, 0.3) is 0 Å². The quantitative estimate of drug-likeness (QED) is 0.799. The minimum atomic E-state index is 0.335. The predicted octanol–water partition coefficient (Wildman–Crippen LogP) is 1.52. The smallest absolute Gasteiger partial charge is 0.125 e. The molecular weight excluding hydrogens is 190 g/mol. The number of nitrogens with two attached hydrogens (primary N) is 1. The van der Waals surface area contributed by atoms with Crippen LogP contribution in [-0.2, 0) is 4.74 Å². The zero-order valence-corrected chi connectivity index (χ0v) is 9.60. The minimum absolute atomic E-state index is 0.335. The van der Waals surface area contributed by atoms with Crippen LogP contribution < -0.4 is 10.6 Å². The zero-order valence-electron chi connectivity index (χ0n) is 9.60. The van der Waals surface area contributed by atoms with Crippen molar-refractivity contribution in [2.75, 3.05) is 30.9 Å². The lowest BCUT2D eigenvalue weighted by molar-refractivity contribution is 0.182. The standard InChI is InChI=1S/C11H19N3O/c1-4-14(9(2)8-15-3)10-5-6-13-11(12)7-10/h5-7,9H,4,8H2,1-3H3,(H2,12,13). The van der Waals surface area contributed by atoms with E-state index in [-0.39, 0.29) is 0 Å². The summed E-state index contributed by atoms with van der Waals surface area (Å²) < 4.78 is 5.15. The number of anilines is 2. The number of aromatic nitrogens is 1. The van der Waals surface area contributed by atoms with Gasteiger partial charge in [0.15, 0.2) is 0 Å². The van der Waals surface area contributed by atoms with Crippen molar-refractivity contribution in [3.63, 3.8) is 0 Å². The van der Waals surface area contributed by atoms with Gasteiger partial charge in [0.2, 0.25) is 0 Å². The van der Waals surface area contributed by atoms with Gasteiger partial charge in [0.05, 0.1) is 6.61 Å². The molecule has 1 rings (SSSR count). The van der Waals surface area contributed by atoms with Crippen molar-refractivity contribution >= 4 is 11.5 Å². The molecule has 84 valence electrons. The van der Waals surface area contributed by atoms with Crippen LogP contribution in [0, 0.1) is 0 Å². The number of pyridine rings is 1. The third kappa shape index (κ3) is 3.09. The van der Waals surface area contributed by atoms with Gasteiger partial charge in [-0.2, -0.15) is 0 Å². The first-order valence-corrected chi connectivity index (χ1v) is 5.16. The second-order valence-electron chi connectivity index (χ2n) is 3.53. The van der Waals surface area contributed by atoms with Crippen molar-refractivity contribution in [3.8, 4) is 0 Å². The molecule has 15 heavy (non-hydrogen) atoms. The largest absolute Gasteiger partial charge is 0.384 e. The number of hydrogen-bond donors (Lipinski definition) is 1. The monoisotopic (exact) mass is 209 g/mol. The topological polar surface area (TPSA) is 51.4 Å². The zero-order chi connectivity index (χ0) is 11.3. The maximum absolute atomic E-state index is 5.66. The van der Waals surface area contributed by atoms with Gasteiger partial charge in [-0.05, 0) is 19.9 Å². The van der Waals surface area contributed by atoms with Gasteiger partial charge >= 0.3 is 0 Å². The van der Waals surface area contributed by atoms with Crippen LogP contribution in [0.4, 0.5) is 11.5 Å². The van der Waals surface area contributed by atoms with Gasteiger partial charge in [-0.3, -0.25) is 0 Å². The molecule has 1 unspecified atom stereocenters. The Hall–Kier alpha value is -1.29. The summed E-state index contributed by atoms with van der Waals surface area (Å²) in [7, 11) is 1.71. The molecule has 0 aliphatic carbocycles. The van der Waals surface area contributed by atoms with Crippen LogP contribution in [0.5, 0.6) is 0 Å². The van der Waals surface area contributed by atoms with Gasteiger partial charge in [-0.1, -0.05) is 0 Å². The summed E-state index contributed by atoms with van der Waals surface area (Å²) in [5.41, 5.74) is 6.75. The Kier molecular flexibility index (Phi) is 4.37. The average molecular weight is 209 g/mol.